The van der Waals surface area contributed by atoms with Crippen molar-refractivity contribution < 1.29 is 9.53 Å². The Morgan fingerprint density at radius 1 is 1.29 bits per heavy atom. The Kier molecular flexibility index (Phi) is 4.42. The first-order valence-corrected chi connectivity index (χ1v) is 7.33. The number of nitrogens with one attached hydrogen (secondary N) is 2. The highest BCUT2D eigenvalue weighted by atomic mass is 32.1. The summed E-state index contributed by atoms with van der Waals surface area (Å²) in [6.45, 7) is 4.59. The average Bonchev–Trinajstić information content (AvgIpc) is 2.92. The standard InChI is InChI=1S/C14H16N2O4S/c1-7(2)6-15-9-10(12(18)11(9)17)16-8-4-5-21-13(8)14(19)20-3/h4-5,7,15-16H,6H2,1-3H3. The minimum atomic E-state index is -0.580. The van der Waals surface area contributed by atoms with Crippen LogP contribution in [0.15, 0.2) is 21.0 Å². The number of esters is 1. The van der Waals surface area contributed by atoms with Crippen LogP contribution >= 0.6 is 11.3 Å². The van der Waals surface area contributed by atoms with Crippen LogP contribution in [0.5, 0.6) is 0 Å². The predicted molar refractivity (Wildman–Crippen MR) is 83.6 cm³/mol. The van der Waals surface area contributed by atoms with Gasteiger partial charge in [0.15, 0.2) is 0 Å². The summed E-state index contributed by atoms with van der Waals surface area (Å²) in [5, 5.41) is 7.52. The molecule has 0 atom stereocenters. The van der Waals surface area contributed by atoms with Crippen LogP contribution in [-0.4, -0.2) is 19.6 Å². The summed E-state index contributed by atoms with van der Waals surface area (Å²) in [6, 6.07) is 1.67. The van der Waals surface area contributed by atoms with Crippen molar-refractivity contribution in [2.75, 3.05) is 24.3 Å². The molecular formula is C14H16N2O4S. The Balaban J connectivity index is 2.23. The molecule has 0 aliphatic heterocycles. The highest BCUT2D eigenvalue weighted by molar-refractivity contribution is 7.12. The van der Waals surface area contributed by atoms with Crippen molar-refractivity contribution in [1.82, 2.24) is 0 Å². The van der Waals surface area contributed by atoms with Gasteiger partial charge in [0.1, 0.15) is 16.3 Å². The van der Waals surface area contributed by atoms with Crippen molar-refractivity contribution in [3.63, 3.8) is 0 Å². The molecule has 6 nitrogen and oxygen atoms in total. The van der Waals surface area contributed by atoms with E-state index in [0.29, 0.717) is 23.0 Å². The van der Waals surface area contributed by atoms with E-state index in [1.165, 1.54) is 18.4 Å². The van der Waals surface area contributed by atoms with Gasteiger partial charge in [-0.05, 0) is 17.4 Å². The third-order valence-electron chi connectivity index (χ3n) is 2.89. The minimum Gasteiger partial charge on any atom is -0.465 e. The van der Waals surface area contributed by atoms with E-state index in [4.69, 9.17) is 0 Å². The number of thiophene rings is 1. The zero-order valence-electron chi connectivity index (χ0n) is 12.0. The average molecular weight is 308 g/mol. The van der Waals surface area contributed by atoms with Gasteiger partial charge in [0.05, 0.1) is 12.8 Å². The lowest BCUT2D eigenvalue weighted by atomic mass is 10.1. The van der Waals surface area contributed by atoms with Gasteiger partial charge in [-0.15, -0.1) is 11.3 Å². The van der Waals surface area contributed by atoms with Crippen LogP contribution in [0.25, 0.3) is 0 Å². The van der Waals surface area contributed by atoms with Gasteiger partial charge in [-0.1, -0.05) is 13.8 Å². The molecule has 1 aromatic heterocycles. The molecule has 0 amide bonds. The smallest absolute Gasteiger partial charge is 0.350 e. The van der Waals surface area contributed by atoms with Gasteiger partial charge in [0, 0.05) is 6.54 Å². The summed E-state index contributed by atoms with van der Waals surface area (Å²) in [6.07, 6.45) is 0. The normalized spacial score (nSPS) is 10.9. The first-order valence-electron chi connectivity index (χ1n) is 6.45. The second kappa shape index (κ2) is 6.09. The summed E-state index contributed by atoms with van der Waals surface area (Å²) in [5.41, 5.74) is -0.178. The van der Waals surface area contributed by atoms with Crippen LogP contribution in [0, 0.1) is 5.92 Å². The molecular weight excluding hydrogens is 292 g/mol. The third-order valence-corrected chi connectivity index (χ3v) is 3.79. The monoisotopic (exact) mass is 308 g/mol. The molecule has 0 spiro atoms. The summed E-state index contributed by atoms with van der Waals surface area (Å²) in [5.74, 6) is -0.142. The van der Waals surface area contributed by atoms with E-state index in [2.05, 4.69) is 15.4 Å². The molecule has 0 bridgehead atoms. The van der Waals surface area contributed by atoms with Crippen LogP contribution in [0.1, 0.15) is 23.5 Å². The van der Waals surface area contributed by atoms with Gasteiger partial charge in [-0.3, -0.25) is 9.59 Å². The lowest BCUT2D eigenvalue weighted by molar-refractivity contribution is 0.0607. The van der Waals surface area contributed by atoms with Crippen LogP contribution < -0.4 is 21.5 Å². The molecule has 1 heterocycles. The summed E-state index contributed by atoms with van der Waals surface area (Å²) < 4.78 is 4.67. The van der Waals surface area contributed by atoms with E-state index in [1.54, 1.807) is 11.4 Å². The lowest BCUT2D eigenvalue weighted by Gasteiger charge is -2.16. The molecule has 0 saturated heterocycles. The Morgan fingerprint density at radius 2 is 1.95 bits per heavy atom. The molecule has 2 aromatic rings. The summed E-state index contributed by atoms with van der Waals surface area (Å²) >= 11 is 1.20. The molecule has 21 heavy (non-hydrogen) atoms. The quantitative estimate of drug-likeness (QED) is 0.627. The van der Waals surface area contributed by atoms with Crippen LogP contribution in [0.3, 0.4) is 0 Å². The molecule has 0 fully saturated rings. The molecule has 0 radical (unpaired) electrons. The fraction of sp³-hybridized carbons (Fsp3) is 0.357. The number of hydrogen-bond donors (Lipinski definition) is 2. The van der Waals surface area contributed by atoms with Crippen molar-refractivity contribution >= 4 is 34.4 Å². The number of carbonyl (C=O) groups excluding carboxylic acids is 1. The zero-order valence-corrected chi connectivity index (χ0v) is 12.8. The molecule has 0 unspecified atom stereocenters. The second-order valence-corrected chi connectivity index (χ2v) is 5.88. The van der Waals surface area contributed by atoms with E-state index in [0.717, 1.165) is 0 Å². The van der Waals surface area contributed by atoms with Crippen molar-refractivity contribution in [3.8, 4) is 0 Å². The minimum absolute atomic E-state index is 0.198. The van der Waals surface area contributed by atoms with Crippen molar-refractivity contribution in [2.24, 2.45) is 5.92 Å². The largest absolute Gasteiger partial charge is 0.465 e. The first-order chi connectivity index (χ1) is 9.95. The fourth-order valence-electron chi connectivity index (χ4n) is 1.78. The highest BCUT2D eigenvalue weighted by Gasteiger charge is 2.23. The van der Waals surface area contributed by atoms with Gasteiger partial charge >= 0.3 is 5.97 Å². The van der Waals surface area contributed by atoms with Crippen LogP contribution in [0.4, 0.5) is 17.1 Å². The molecule has 0 saturated carbocycles. The van der Waals surface area contributed by atoms with Crippen molar-refractivity contribution in [1.29, 1.82) is 0 Å². The molecule has 2 rings (SSSR count). The zero-order chi connectivity index (χ0) is 15.6. The highest BCUT2D eigenvalue weighted by Crippen LogP contribution is 2.28. The maximum Gasteiger partial charge on any atom is 0.350 e. The lowest BCUT2D eigenvalue weighted by Crippen LogP contribution is -2.37. The van der Waals surface area contributed by atoms with Gasteiger partial charge in [-0.25, -0.2) is 4.79 Å². The van der Waals surface area contributed by atoms with Crippen molar-refractivity contribution in [2.45, 2.75) is 13.8 Å². The van der Waals surface area contributed by atoms with Gasteiger partial charge in [0.25, 0.3) is 10.9 Å². The molecule has 112 valence electrons. The summed E-state index contributed by atoms with van der Waals surface area (Å²) in [4.78, 5) is 35.2. The van der Waals surface area contributed by atoms with E-state index in [1.807, 2.05) is 13.8 Å². The molecule has 0 aliphatic rings. The Labute approximate surface area is 125 Å². The molecule has 0 aliphatic carbocycles. The number of carbonyl (C=O) groups is 1. The Bertz CT molecular complexity index is 726. The second-order valence-electron chi connectivity index (χ2n) is 4.96. The molecule has 2 N–H and O–H groups in total. The van der Waals surface area contributed by atoms with Gasteiger partial charge in [-0.2, -0.15) is 0 Å². The van der Waals surface area contributed by atoms with E-state index in [-0.39, 0.29) is 11.4 Å². The number of rotatable bonds is 6. The molecule has 7 heteroatoms. The van der Waals surface area contributed by atoms with Crippen LogP contribution in [0.2, 0.25) is 0 Å². The topological polar surface area (TPSA) is 84.5 Å². The Morgan fingerprint density at radius 3 is 2.57 bits per heavy atom. The van der Waals surface area contributed by atoms with E-state index >= 15 is 0 Å². The van der Waals surface area contributed by atoms with E-state index < -0.39 is 16.8 Å². The fourth-order valence-corrected chi connectivity index (χ4v) is 2.54. The van der Waals surface area contributed by atoms with E-state index in [9.17, 15) is 14.4 Å². The molecule has 1 aromatic carbocycles. The Hall–Kier alpha value is -2.15. The maximum absolute atomic E-state index is 11.7. The van der Waals surface area contributed by atoms with Crippen molar-refractivity contribution in [3.05, 3.63) is 36.8 Å². The SMILES string of the molecule is COC(=O)c1sccc1Nc1c(NCC(C)C)c(=O)c1=O. The van der Waals surface area contributed by atoms with Gasteiger partial charge < -0.3 is 15.4 Å². The van der Waals surface area contributed by atoms with Crippen LogP contribution in [-0.2, 0) is 4.74 Å². The third kappa shape index (κ3) is 2.97. The van der Waals surface area contributed by atoms with Gasteiger partial charge in [0.2, 0.25) is 0 Å². The number of hydrogen-bond acceptors (Lipinski definition) is 7. The first kappa shape index (κ1) is 15.2. The number of methoxy groups -OCH3 is 1. The number of anilines is 3. The predicted octanol–water partition coefficient (Wildman–Crippen LogP) is 1.94. The number of ether oxygens (including phenoxy) is 1. The maximum atomic E-state index is 11.7. The summed E-state index contributed by atoms with van der Waals surface area (Å²) in [7, 11) is 1.29.